The van der Waals surface area contributed by atoms with E-state index >= 15 is 0 Å². The molecular formula is C24H21ClF3N3O3S. The number of sulfonamides is 1. The summed E-state index contributed by atoms with van der Waals surface area (Å²) in [5.74, 6) is 0. The highest BCUT2D eigenvalue weighted by molar-refractivity contribution is 7.89. The van der Waals surface area contributed by atoms with Gasteiger partial charge in [-0.25, -0.2) is 13.4 Å². The Labute approximate surface area is 205 Å². The van der Waals surface area contributed by atoms with Gasteiger partial charge < -0.3 is 4.74 Å². The van der Waals surface area contributed by atoms with Crippen LogP contribution in [0.3, 0.4) is 0 Å². The summed E-state index contributed by atoms with van der Waals surface area (Å²) < 4.78 is 73.0. The van der Waals surface area contributed by atoms with Crippen LogP contribution < -0.4 is 0 Å². The van der Waals surface area contributed by atoms with Crippen molar-refractivity contribution in [3.05, 3.63) is 88.3 Å². The summed E-state index contributed by atoms with van der Waals surface area (Å²) in [7, 11) is -4.10. The van der Waals surface area contributed by atoms with Crippen LogP contribution in [-0.4, -0.2) is 35.3 Å². The molecule has 3 unspecified atom stereocenters. The van der Waals surface area contributed by atoms with Gasteiger partial charge in [-0.1, -0.05) is 35.9 Å². The van der Waals surface area contributed by atoms with Crippen molar-refractivity contribution in [1.82, 2.24) is 14.3 Å². The van der Waals surface area contributed by atoms with Crippen molar-refractivity contribution in [2.45, 2.75) is 48.7 Å². The molecule has 0 saturated carbocycles. The molecule has 5 rings (SSSR count). The Morgan fingerprint density at radius 3 is 2.57 bits per heavy atom. The molecule has 0 bridgehead atoms. The number of rotatable bonds is 3. The van der Waals surface area contributed by atoms with Gasteiger partial charge in [-0.3, -0.25) is 4.98 Å². The summed E-state index contributed by atoms with van der Waals surface area (Å²) >= 11 is 6.18. The predicted octanol–water partition coefficient (Wildman–Crippen LogP) is 5.34. The lowest BCUT2D eigenvalue weighted by atomic mass is 9.81. The van der Waals surface area contributed by atoms with Crippen molar-refractivity contribution in [2.24, 2.45) is 0 Å². The number of halogens is 4. The third kappa shape index (κ3) is 4.22. The van der Waals surface area contributed by atoms with Crippen LogP contribution in [0.15, 0.2) is 66.0 Å². The fourth-order valence-electron chi connectivity index (χ4n) is 5.00. The third-order valence-electron chi connectivity index (χ3n) is 6.58. The van der Waals surface area contributed by atoms with Crippen molar-refractivity contribution >= 4 is 21.6 Å². The summed E-state index contributed by atoms with van der Waals surface area (Å²) in [6.45, 7) is 1.88. The molecule has 2 aliphatic heterocycles. The Hall–Kier alpha value is -2.53. The molecule has 2 aromatic heterocycles. The molecule has 3 aromatic rings. The second kappa shape index (κ2) is 8.55. The zero-order chi connectivity index (χ0) is 25.0. The average Bonchev–Trinajstić information content (AvgIpc) is 3.12. The first-order valence-electron chi connectivity index (χ1n) is 10.9. The van der Waals surface area contributed by atoms with E-state index < -0.39 is 44.5 Å². The maximum atomic E-state index is 13.2. The lowest BCUT2D eigenvalue weighted by molar-refractivity contribution is -0.137. The Kier molecular flexibility index (Phi) is 5.90. The minimum absolute atomic E-state index is 0.121. The molecule has 3 atom stereocenters. The number of ether oxygens (including phenoxy) is 1. The van der Waals surface area contributed by atoms with Crippen LogP contribution >= 0.6 is 11.6 Å². The van der Waals surface area contributed by atoms with Crippen LogP contribution in [0.25, 0.3) is 0 Å². The molecule has 0 aliphatic carbocycles. The molecule has 4 heterocycles. The van der Waals surface area contributed by atoms with Gasteiger partial charge in [0.2, 0.25) is 0 Å². The molecule has 0 amide bonds. The number of nitrogens with zero attached hydrogens (tertiary/aromatic N) is 3. The molecule has 1 spiro atoms. The van der Waals surface area contributed by atoms with Gasteiger partial charge >= 0.3 is 6.18 Å². The lowest BCUT2D eigenvalue weighted by Gasteiger charge is -2.43. The van der Waals surface area contributed by atoms with Gasteiger partial charge in [0.1, 0.15) is 6.10 Å². The highest BCUT2D eigenvalue weighted by Gasteiger charge is 2.51. The number of benzene rings is 1. The first-order valence-corrected chi connectivity index (χ1v) is 12.8. The molecule has 2 aliphatic rings. The van der Waals surface area contributed by atoms with Gasteiger partial charge in [0.15, 0.2) is 5.03 Å². The van der Waals surface area contributed by atoms with E-state index in [4.69, 9.17) is 16.3 Å². The van der Waals surface area contributed by atoms with Gasteiger partial charge in [0, 0.05) is 30.0 Å². The fourth-order valence-corrected chi connectivity index (χ4v) is 6.71. The SMILES string of the molecule is CC1CC2(CCN1S(=O)(=O)c1ccc(C(F)(F)F)cn1)OC(c1cc(Cl)ccn1)c1ccccc12. The quantitative estimate of drug-likeness (QED) is 0.463. The zero-order valence-electron chi connectivity index (χ0n) is 18.5. The molecule has 11 heteroatoms. The molecule has 0 radical (unpaired) electrons. The van der Waals surface area contributed by atoms with Gasteiger partial charge in [-0.05, 0) is 55.2 Å². The number of aromatic nitrogens is 2. The van der Waals surface area contributed by atoms with E-state index in [0.717, 1.165) is 23.3 Å². The molecule has 1 saturated heterocycles. The fraction of sp³-hybridized carbons (Fsp3) is 0.333. The van der Waals surface area contributed by atoms with E-state index in [2.05, 4.69) is 9.97 Å². The van der Waals surface area contributed by atoms with Gasteiger partial charge in [-0.15, -0.1) is 0 Å². The van der Waals surface area contributed by atoms with E-state index in [1.807, 2.05) is 24.3 Å². The van der Waals surface area contributed by atoms with Crippen molar-refractivity contribution < 1.29 is 26.3 Å². The van der Waals surface area contributed by atoms with Crippen LogP contribution in [0.2, 0.25) is 5.02 Å². The normalized spacial score (nSPS) is 25.1. The van der Waals surface area contributed by atoms with Crippen molar-refractivity contribution in [3.8, 4) is 0 Å². The molecule has 1 aromatic carbocycles. The van der Waals surface area contributed by atoms with Crippen LogP contribution in [0, 0.1) is 0 Å². The summed E-state index contributed by atoms with van der Waals surface area (Å²) in [4.78, 5) is 8.04. The van der Waals surface area contributed by atoms with Crippen molar-refractivity contribution in [2.75, 3.05) is 6.54 Å². The van der Waals surface area contributed by atoms with E-state index in [9.17, 15) is 21.6 Å². The minimum atomic E-state index is -4.60. The summed E-state index contributed by atoms with van der Waals surface area (Å²) in [6, 6.07) is 12.4. The van der Waals surface area contributed by atoms with E-state index in [0.29, 0.717) is 29.8 Å². The molecule has 1 fully saturated rings. The molecule has 6 nitrogen and oxygen atoms in total. The average molecular weight is 524 g/mol. The molecule has 184 valence electrons. The number of alkyl halides is 3. The monoisotopic (exact) mass is 523 g/mol. The van der Waals surface area contributed by atoms with Crippen molar-refractivity contribution in [3.63, 3.8) is 0 Å². The first kappa shape index (κ1) is 24.2. The molecular weight excluding hydrogens is 503 g/mol. The smallest absolute Gasteiger partial charge is 0.356 e. The maximum Gasteiger partial charge on any atom is 0.417 e. The molecule has 0 N–H and O–H groups in total. The molecule has 35 heavy (non-hydrogen) atoms. The first-order chi connectivity index (χ1) is 16.5. The standard InChI is InChI=1S/C24H21ClF3N3O3S/c1-15-13-23(9-11-31(15)35(32,33)21-7-6-16(14-30-21)24(26,27)28)19-5-3-2-4-18(19)22(34-23)20-12-17(25)8-10-29-20/h2-8,10,12,14-15,22H,9,11,13H2,1H3. The number of pyridine rings is 2. The summed E-state index contributed by atoms with van der Waals surface area (Å²) in [6.07, 6.45) is -2.16. The lowest BCUT2D eigenvalue weighted by Crippen LogP contribution is -2.50. The zero-order valence-corrected chi connectivity index (χ0v) is 20.1. The van der Waals surface area contributed by atoms with Crippen LogP contribution in [0.1, 0.15) is 48.3 Å². The second-order valence-electron chi connectivity index (χ2n) is 8.78. The number of fused-ring (bicyclic) bond motifs is 2. The number of hydrogen-bond acceptors (Lipinski definition) is 5. The summed E-state index contributed by atoms with van der Waals surface area (Å²) in [5.41, 5.74) is 0.861. The van der Waals surface area contributed by atoms with Crippen molar-refractivity contribution in [1.29, 1.82) is 0 Å². The topological polar surface area (TPSA) is 72.4 Å². The van der Waals surface area contributed by atoms with Crippen LogP contribution in [0.5, 0.6) is 0 Å². The second-order valence-corrected chi connectivity index (χ2v) is 11.1. The van der Waals surface area contributed by atoms with Gasteiger partial charge in [-0.2, -0.15) is 17.5 Å². The van der Waals surface area contributed by atoms with E-state index in [1.54, 1.807) is 25.3 Å². The van der Waals surface area contributed by atoms with Gasteiger partial charge in [0.05, 0.1) is 16.9 Å². The highest BCUT2D eigenvalue weighted by Crippen LogP contribution is 2.52. The highest BCUT2D eigenvalue weighted by atomic mass is 35.5. The largest absolute Gasteiger partial charge is 0.417 e. The van der Waals surface area contributed by atoms with Crippen LogP contribution in [0.4, 0.5) is 13.2 Å². The van der Waals surface area contributed by atoms with Gasteiger partial charge in [0.25, 0.3) is 10.0 Å². The maximum absolute atomic E-state index is 13.2. The number of hydrogen-bond donors (Lipinski definition) is 0. The Morgan fingerprint density at radius 1 is 1.14 bits per heavy atom. The predicted molar refractivity (Wildman–Crippen MR) is 122 cm³/mol. The summed E-state index contributed by atoms with van der Waals surface area (Å²) in [5, 5.41) is 0.123. The van der Waals surface area contributed by atoms with Crippen LogP contribution in [-0.2, 0) is 26.5 Å². The Bertz CT molecular complexity index is 1370. The Morgan fingerprint density at radius 2 is 1.91 bits per heavy atom. The van der Waals surface area contributed by atoms with E-state index in [1.165, 1.54) is 4.31 Å². The number of piperidine rings is 1. The third-order valence-corrected chi connectivity index (χ3v) is 8.74. The van der Waals surface area contributed by atoms with E-state index in [-0.39, 0.29) is 6.54 Å². The minimum Gasteiger partial charge on any atom is -0.356 e. The Balaban J connectivity index is 1.43.